The van der Waals surface area contributed by atoms with Crippen LogP contribution in [0.5, 0.6) is 11.5 Å². The minimum Gasteiger partial charge on any atom is -0.508 e. The van der Waals surface area contributed by atoms with E-state index in [1.165, 1.54) is 16.7 Å². The molecule has 4 bridgehead atoms. The van der Waals surface area contributed by atoms with Crippen molar-refractivity contribution in [2.24, 2.45) is 17.3 Å². The number of phenolic OH excluding ortho intramolecular Hbond substituents is 2. The van der Waals surface area contributed by atoms with Crippen LogP contribution in [0.2, 0.25) is 0 Å². The molecule has 2 heterocycles. The number of carbonyl (C=O) groups excluding carboxylic acids is 1. The van der Waals surface area contributed by atoms with Crippen LogP contribution in [-0.4, -0.2) is 51.1 Å². The Labute approximate surface area is 230 Å². The molecule has 3 aromatic carbocycles. The summed E-state index contributed by atoms with van der Waals surface area (Å²) in [6.45, 7) is 2.61. The van der Waals surface area contributed by atoms with Gasteiger partial charge < -0.3 is 15.1 Å². The number of hydrogen-bond donors (Lipinski definition) is 2. The van der Waals surface area contributed by atoms with Gasteiger partial charge in [0, 0.05) is 42.4 Å². The number of likely N-dealkylation sites (tertiary alicyclic amines) is 2. The Hall–Kier alpha value is -3.31. The fourth-order valence-corrected chi connectivity index (χ4v) is 10.2. The molecule has 2 N–H and O–H groups in total. The van der Waals surface area contributed by atoms with Gasteiger partial charge in [0.15, 0.2) is 0 Å². The second-order valence-corrected chi connectivity index (χ2v) is 12.7. The lowest BCUT2D eigenvalue weighted by atomic mass is 9.43. The summed E-state index contributed by atoms with van der Waals surface area (Å²) < 4.78 is 0. The summed E-state index contributed by atoms with van der Waals surface area (Å²) in [5, 5.41) is 21.1. The van der Waals surface area contributed by atoms with Crippen LogP contribution in [0, 0.1) is 17.3 Å². The van der Waals surface area contributed by atoms with Gasteiger partial charge in [0.2, 0.25) is 5.91 Å². The van der Waals surface area contributed by atoms with Crippen LogP contribution >= 0.6 is 0 Å². The third kappa shape index (κ3) is 3.08. The summed E-state index contributed by atoms with van der Waals surface area (Å²) in [5.41, 5.74) is 4.90. The van der Waals surface area contributed by atoms with Gasteiger partial charge in [0.25, 0.3) is 0 Å². The zero-order chi connectivity index (χ0) is 26.4. The summed E-state index contributed by atoms with van der Waals surface area (Å²) in [4.78, 5) is 19.1. The Balaban J connectivity index is 1.20. The largest absolute Gasteiger partial charge is 0.508 e. The van der Waals surface area contributed by atoms with E-state index in [-0.39, 0.29) is 22.8 Å². The Morgan fingerprint density at radius 2 is 1.77 bits per heavy atom. The van der Waals surface area contributed by atoms with Crippen molar-refractivity contribution in [2.75, 3.05) is 13.1 Å². The number of hydrogen-bond acceptors (Lipinski definition) is 4. The van der Waals surface area contributed by atoms with Gasteiger partial charge in [-0.1, -0.05) is 54.6 Å². The molecule has 200 valence electrons. The molecule has 5 heteroatoms. The van der Waals surface area contributed by atoms with Crippen molar-refractivity contribution in [3.63, 3.8) is 0 Å². The van der Waals surface area contributed by atoms with Crippen molar-refractivity contribution < 1.29 is 15.0 Å². The summed E-state index contributed by atoms with van der Waals surface area (Å²) in [6, 6.07) is 24.9. The number of carbonyl (C=O) groups is 1. The molecule has 1 amide bonds. The average molecular weight is 521 g/mol. The number of rotatable bonds is 5. The highest BCUT2D eigenvalue weighted by molar-refractivity contribution is 5.84. The van der Waals surface area contributed by atoms with Crippen LogP contribution < -0.4 is 0 Å². The third-order valence-corrected chi connectivity index (χ3v) is 11.5. The second-order valence-electron chi connectivity index (χ2n) is 12.7. The van der Waals surface area contributed by atoms with E-state index >= 15 is 0 Å². The molecule has 0 radical (unpaired) electrons. The number of piperidine rings is 1. The van der Waals surface area contributed by atoms with E-state index in [0.29, 0.717) is 35.9 Å². The third-order valence-electron chi connectivity index (χ3n) is 11.5. The molecule has 0 spiro atoms. The molecule has 2 aliphatic heterocycles. The van der Waals surface area contributed by atoms with Crippen molar-refractivity contribution in [3.05, 3.63) is 95.1 Å². The number of benzene rings is 3. The van der Waals surface area contributed by atoms with Crippen molar-refractivity contribution in [1.29, 1.82) is 0 Å². The van der Waals surface area contributed by atoms with Crippen molar-refractivity contribution in [3.8, 4) is 11.5 Å². The van der Waals surface area contributed by atoms with E-state index in [4.69, 9.17) is 0 Å². The molecule has 0 aromatic heterocycles. The maximum atomic E-state index is 14.2. The van der Waals surface area contributed by atoms with Gasteiger partial charge in [-0.25, -0.2) is 0 Å². The predicted octanol–water partition coefficient (Wildman–Crippen LogP) is 5.04. The molecule has 2 saturated heterocycles. The Morgan fingerprint density at radius 3 is 2.62 bits per heavy atom. The molecule has 4 fully saturated rings. The highest BCUT2D eigenvalue weighted by Gasteiger charge is 2.77. The first-order valence-electron chi connectivity index (χ1n) is 14.7. The zero-order valence-corrected chi connectivity index (χ0v) is 22.3. The molecule has 3 aliphatic carbocycles. The summed E-state index contributed by atoms with van der Waals surface area (Å²) in [6.07, 6.45) is 6.00. The van der Waals surface area contributed by atoms with Gasteiger partial charge in [0.05, 0.1) is 0 Å². The molecule has 39 heavy (non-hydrogen) atoms. The number of fused-ring (bicyclic) bond motifs is 1. The van der Waals surface area contributed by atoms with E-state index in [2.05, 4.69) is 46.2 Å². The lowest BCUT2D eigenvalue weighted by molar-refractivity contribution is -0.138. The van der Waals surface area contributed by atoms with Crippen molar-refractivity contribution in [1.82, 2.24) is 9.80 Å². The van der Waals surface area contributed by atoms with E-state index in [1.54, 1.807) is 6.07 Å². The van der Waals surface area contributed by atoms with Crippen LogP contribution in [-0.2, 0) is 29.6 Å². The van der Waals surface area contributed by atoms with Crippen molar-refractivity contribution in [2.45, 2.75) is 62.6 Å². The summed E-state index contributed by atoms with van der Waals surface area (Å²) in [7, 11) is 0. The standard InChI is InChI=1S/C34H36N2O3/c37-25-11-10-24-18-30-33-14-12-28-31(26(20-33)32(39)36(28)21-22-6-2-1-3-7-22)34(33,27(24)19-25)15-17-35(30)16-13-23-8-4-5-9-29(23)38/h1-11,19,26,28,30-31,37-38H,12-18,20-21H2/t26-,28?,30?,31?,33?,34?/m0/s1. The molecule has 5 unspecified atom stereocenters. The minimum atomic E-state index is -0.0654. The zero-order valence-electron chi connectivity index (χ0n) is 22.3. The molecular formula is C34H36N2O3. The fraction of sp³-hybridized carbons (Fsp3) is 0.441. The van der Waals surface area contributed by atoms with Gasteiger partial charge in [-0.05, 0) is 90.9 Å². The molecule has 5 nitrogen and oxygen atoms in total. The first-order valence-corrected chi connectivity index (χ1v) is 14.7. The quantitative estimate of drug-likeness (QED) is 0.495. The maximum absolute atomic E-state index is 14.2. The second kappa shape index (κ2) is 8.34. The lowest BCUT2D eigenvalue weighted by Gasteiger charge is -2.66. The monoisotopic (exact) mass is 520 g/mol. The lowest BCUT2D eigenvalue weighted by Crippen LogP contribution is -2.69. The maximum Gasteiger partial charge on any atom is 0.226 e. The number of nitrogens with zero attached hydrogens (tertiary/aromatic N) is 2. The topological polar surface area (TPSA) is 64.0 Å². The molecule has 8 rings (SSSR count). The van der Waals surface area contributed by atoms with E-state index in [9.17, 15) is 15.0 Å². The van der Waals surface area contributed by atoms with E-state index < -0.39 is 0 Å². The van der Waals surface area contributed by atoms with Gasteiger partial charge >= 0.3 is 0 Å². The minimum absolute atomic E-state index is 0.0606. The van der Waals surface area contributed by atoms with Gasteiger partial charge in [0.1, 0.15) is 11.5 Å². The normalized spacial score (nSPS) is 34.2. The summed E-state index contributed by atoms with van der Waals surface area (Å²) >= 11 is 0. The van der Waals surface area contributed by atoms with Crippen LogP contribution in [0.25, 0.3) is 0 Å². The SMILES string of the molecule is O=C1[C@H]2CC34CCC(C2C32CCN(CCc3ccccc3O)C4Cc3ccc(O)cc32)N1Cc1ccccc1. The van der Waals surface area contributed by atoms with Crippen LogP contribution in [0.3, 0.4) is 0 Å². The van der Waals surface area contributed by atoms with Crippen LogP contribution in [0.15, 0.2) is 72.8 Å². The first-order chi connectivity index (χ1) is 19.0. The Morgan fingerprint density at radius 1 is 0.949 bits per heavy atom. The van der Waals surface area contributed by atoms with Gasteiger partial charge in [-0.15, -0.1) is 0 Å². The van der Waals surface area contributed by atoms with E-state index in [0.717, 1.165) is 57.2 Å². The highest BCUT2D eigenvalue weighted by Crippen LogP contribution is 2.75. The Kier molecular flexibility index (Phi) is 5.04. The number of aromatic hydroxyl groups is 2. The average Bonchev–Trinajstić information content (AvgIpc) is 3.32. The predicted molar refractivity (Wildman–Crippen MR) is 149 cm³/mol. The molecular weight excluding hydrogens is 484 g/mol. The smallest absolute Gasteiger partial charge is 0.226 e. The summed E-state index contributed by atoms with van der Waals surface area (Å²) in [5.74, 6) is 1.46. The van der Waals surface area contributed by atoms with Crippen LogP contribution in [0.1, 0.15) is 47.9 Å². The van der Waals surface area contributed by atoms with Gasteiger partial charge in [-0.2, -0.15) is 0 Å². The molecule has 6 atom stereocenters. The van der Waals surface area contributed by atoms with Gasteiger partial charge in [-0.3, -0.25) is 9.69 Å². The molecule has 3 aromatic rings. The van der Waals surface area contributed by atoms with Crippen LogP contribution in [0.4, 0.5) is 0 Å². The molecule has 2 saturated carbocycles. The number of phenols is 2. The number of amides is 1. The van der Waals surface area contributed by atoms with Crippen molar-refractivity contribution >= 4 is 5.91 Å². The Bertz CT molecular complexity index is 1460. The van der Waals surface area contributed by atoms with E-state index in [1.807, 2.05) is 30.3 Å². The number of para-hydroxylation sites is 1. The fourth-order valence-electron chi connectivity index (χ4n) is 10.2. The molecule has 5 aliphatic rings. The first kappa shape index (κ1) is 23.6. The highest BCUT2D eigenvalue weighted by atomic mass is 16.3.